The van der Waals surface area contributed by atoms with E-state index in [0.29, 0.717) is 0 Å². The Kier molecular flexibility index (Phi) is 2.27. The molecule has 0 aromatic carbocycles. The monoisotopic (exact) mass is 143 g/mol. The van der Waals surface area contributed by atoms with Crippen LogP contribution in [0.25, 0.3) is 0 Å². The molecule has 0 unspecified atom stereocenters. The summed E-state index contributed by atoms with van der Waals surface area (Å²) in [6.45, 7) is 0. The molecule has 1 rings (SSSR count). The standard InChI is InChI=1S/C7H13NO2/c8-7(10)5-1-3-6(9)4-2-5/h5-6,9H,1-4H2,(H2,8,10)/t5-,6-. The molecule has 0 aromatic rings. The summed E-state index contributed by atoms with van der Waals surface area (Å²) < 4.78 is 0. The second-order valence-electron chi connectivity index (χ2n) is 2.91. The number of aliphatic hydroxyl groups excluding tert-OH is 1. The van der Waals surface area contributed by atoms with Crippen molar-refractivity contribution in [2.75, 3.05) is 0 Å². The summed E-state index contributed by atoms with van der Waals surface area (Å²) in [4.78, 5) is 10.6. The molecule has 0 aromatic heterocycles. The molecule has 0 atom stereocenters. The summed E-state index contributed by atoms with van der Waals surface area (Å²) in [5.74, 6) is -0.199. The Morgan fingerprint density at radius 2 is 1.80 bits per heavy atom. The summed E-state index contributed by atoms with van der Waals surface area (Å²) in [7, 11) is 0. The van der Waals surface area contributed by atoms with E-state index in [-0.39, 0.29) is 17.9 Å². The van der Waals surface area contributed by atoms with Crippen LogP contribution < -0.4 is 5.73 Å². The molecule has 1 saturated carbocycles. The fourth-order valence-electron chi connectivity index (χ4n) is 1.36. The molecule has 3 heteroatoms. The lowest BCUT2D eigenvalue weighted by atomic mass is 9.87. The van der Waals surface area contributed by atoms with E-state index in [1.54, 1.807) is 0 Å². The van der Waals surface area contributed by atoms with Crippen molar-refractivity contribution in [1.82, 2.24) is 0 Å². The Hall–Kier alpha value is -0.570. The van der Waals surface area contributed by atoms with Gasteiger partial charge >= 0.3 is 0 Å². The molecule has 0 saturated heterocycles. The summed E-state index contributed by atoms with van der Waals surface area (Å²) >= 11 is 0. The highest BCUT2D eigenvalue weighted by atomic mass is 16.3. The molecular weight excluding hydrogens is 130 g/mol. The van der Waals surface area contributed by atoms with Gasteiger partial charge in [0.05, 0.1) is 6.10 Å². The van der Waals surface area contributed by atoms with Gasteiger partial charge in [-0.1, -0.05) is 0 Å². The Labute approximate surface area is 60.2 Å². The minimum Gasteiger partial charge on any atom is -0.393 e. The molecule has 0 radical (unpaired) electrons. The van der Waals surface area contributed by atoms with E-state index in [4.69, 9.17) is 10.8 Å². The molecule has 1 aliphatic rings. The first-order valence-corrected chi connectivity index (χ1v) is 3.67. The van der Waals surface area contributed by atoms with Gasteiger partial charge in [0.15, 0.2) is 0 Å². The predicted molar refractivity (Wildman–Crippen MR) is 37.2 cm³/mol. The predicted octanol–water partition coefficient (Wildman–Crippen LogP) is 0.0228. The third kappa shape index (κ3) is 1.70. The van der Waals surface area contributed by atoms with Crippen molar-refractivity contribution >= 4 is 5.91 Å². The summed E-state index contributed by atoms with van der Waals surface area (Å²) in [5, 5.41) is 9.06. The van der Waals surface area contributed by atoms with Gasteiger partial charge < -0.3 is 10.8 Å². The molecule has 3 nitrogen and oxygen atoms in total. The SMILES string of the molecule is NC(=O)[C@H]1CC[C@H](O)CC1. The molecule has 0 aliphatic heterocycles. The van der Waals surface area contributed by atoms with Crippen LogP contribution in [-0.2, 0) is 4.79 Å². The smallest absolute Gasteiger partial charge is 0.220 e. The molecule has 0 bridgehead atoms. The topological polar surface area (TPSA) is 63.3 Å². The van der Waals surface area contributed by atoms with Gasteiger partial charge in [-0.3, -0.25) is 4.79 Å². The van der Waals surface area contributed by atoms with Crippen LogP contribution >= 0.6 is 0 Å². The maximum absolute atomic E-state index is 10.6. The molecule has 0 spiro atoms. The van der Waals surface area contributed by atoms with Crippen molar-refractivity contribution in [2.24, 2.45) is 11.7 Å². The molecule has 10 heavy (non-hydrogen) atoms. The minimum absolute atomic E-state index is 0.0170. The second kappa shape index (κ2) is 3.01. The second-order valence-corrected chi connectivity index (χ2v) is 2.91. The lowest BCUT2D eigenvalue weighted by Gasteiger charge is -2.22. The van der Waals surface area contributed by atoms with Gasteiger partial charge in [-0.15, -0.1) is 0 Å². The number of nitrogens with two attached hydrogens (primary N) is 1. The van der Waals surface area contributed by atoms with Gasteiger partial charge in [-0.25, -0.2) is 0 Å². The quantitative estimate of drug-likeness (QED) is 0.543. The van der Waals surface area contributed by atoms with Crippen LogP contribution in [0.4, 0.5) is 0 Å². The third-order valence-electron chi connectivity index (χ3n) is 2.10. The fraction of sp³-hybridized carbons (Fsp3) is 0.857. The lowest BCUT2D eigenvalue weighted by Crippen LogP contribution is -2.29. The van der Waals surface area contributed by atoms with E-state index >= 15 is 0 Å². The van der Waals surface area contributed by atoms with Crippen LogP contribution in [0.3, 0.4) is 0 Å². The highest BCUT2D eigenvalue weighted by molar-refractivity contribution is 5.76. The Balaban J connectivity index is 2.33. The van der Waals surface area contributed by atoms with Crippen LogP contribution in [0.15, 0.2) is 0 Å². The number of amides is 1. The first-order chi connectivity index (χ1) is 4.70. The van der Waals surface area contributed by atoms with Crippen molar-refractivity contribution in [2.45, 2.75) is 31.8 Å². The van der Waals surface area contributed by atoms with Crippen LogP contribution in [0.2, 0.25) is 0 Å². The van der Waals surface area contributed by atoms with Gasteiger partial charge in [-0.05, 0) is 25.7 Å². The zero-order valence-corrected chi connectivity index (χ0v) is 5.92. The third-order valence-corrected chi connectivity index (χ3v) is 2.10. The molecule has 0 heterocycles. The number of carbonyl (C=O) groups is 1. The number of hydrogen-bond acceptors (Lipinski definition) is 2. The first kappa shape index (κ1) is 7.54. The Morgan fingerprint density at radius 3 is 2.20 bits per heavy atom. The van der Waals surface area contributed by atoms with Crippen molar-refractivity contribution in [3.05, 3.63) is 0 Å². The van der Waals surface area contributed by atoms with Gasteiger partial charge in [0, 0.05) is 5.92 Å². The van der Waals surface area contributed by atoms with Gasteiger partial charge in [-0.2, -0.15) is 0 Å². The summed E-state index contributed by atoms with van der Waals surface area (Å²) in [5.41, 5.74) is 5.09. The normalized spacial score (nSPS) is 33.7. The van der Waals surface area contributed by atoms with Crippen molar-refractivity contribution in [1.29, 1.82) is 0 Å². The van der Waals surface area contributed by atoms with E-state index in [2.05, 4.69) is 0 Å². The van der Waals surface area contributed by atoms with Crippen LogP contribution in [-0.4, -0.2) is 17.1 Å². The van der Waals surface area contributed by atoms with Crippen LogP contribution in [0.5, 0.6) is 0 Å². The van der Waals surface area contributed by atoms with Crippen molar-refractivity contribution < 1.29 is 9.90 Å². The average Bonchev–Trinajstić information content (AvgIpc) is 1.88. The molecule has 1 fully saturated rings. The highest BCUT2D eigenvalue weighted by Crippen LogP contribution is 2.23. The molecule has 58 valence electrons. The first-order valence-electron chi connectivity index (χ1n) is 3.67. The Bertz CT molecular complexity index is 128. The van der Waals surface area contributed by atoms with Gasteiger partial charge in [0.2, 0.25) is 5.91 Å². The largest absolute Gasteiger partial charge is 0.393 e. The number of primary amides is 1. The van der Waals surface area contributed by atoms with E-state index in [9.17, 15) is 4.79 Å². The maximum Gasteiger partial charge on any atom is 0.220 e. The number of rotatable bonds is 1. The van der Waals surface area contributed by atoms with Gasteiger partial charge in [0.25, 0.3) is 0 Å². The summed E-state index contributed by atoms with van der Waals surface area (Å²) in [6.07, 6.45) is 2.78. The zero-order chi connectivity index (χ0) is 7.56. The number of hydrogen-bond donors (Lipinski definition) is 2. The minimum atomic E-state index is -0.216. The van der Waals surface area contributed by atoms with Crippen molar-refractivity contribution in [3.63, 3.8) is 0 Å². The van der Waals surface area contributed by atoms with E-state index in [1.165, 1.54) is 0 Å². The zero-order valence-electron chi connectivity index (χ0n) is 5.92. The number of aliphatic hydroxyl groups is 1. The summed E-state index contributed by atoms with van der Waals surface area (Å²) in [6, 6.07) is 0. The Morgan fingerprint density at radius 1 is 1.30 bits per heavy atom. The van der Waals surface area contributed by atoms with Crippen LogP contribution in [0.1, 0.15) is 25.7 Å². The van der Waals surface area contributed by atoms with Crippen LogP contribution in [0, 0.1) is 5.92 Å². The van der Waals surface area contributed by atoms with E-state index in [1.807, 2.05) is 0 Å². The van der Waals surface area contributed by atoms with E-state index in [0.717, 1.165) is 25.7 Å². The number of carbonyl (C=O) groups excluding carboxylic acids is 1. The lowest BCUT2D eigenvalue weighted by molar-refractivity contribution is -0.123. The highest BCUT2D eigenvalue weighted by Gasteiger charge is 2.22. The van der Waals surface area contributed by atoms with Gasteiger partial charge in [0.1, 0.15) is 0 Å². The molecule has 3 N–H and O–H groups in total. The molecule has 1 amide bonds. The maximum atomic E-state index is 10.6. The van der Waals surface area contributed by atoms with Crippen molar-refractivity contribution in [3.8, 4) is 0 Å². The average molecular weight is 143 g/mol. The van der Waals surface area contributed by atoms with E-state index < -0.39 is 0 Å². The molecule has 1 aliphatic carbocycles. The molecular formula is C7H13NO2. The fourth-order valence-corrected chi connectivity index (χ4v) is 1.36.